The average Bonchev–Trinajstić information content (AvgIpc) is 2.53. The average molecular weight is 360 g/mol. The topological polar surface area (TPSA) is 52.9 Å². The maximum absolute atomic E-state index is 10.9. The van der Waals surface area contributed by atoms with Crippen LogP contribution in [-0.4, -0.2) is 37.8 Å². The highest BCUT2D eigenvalue weighted by Gasteiger charge is 2.28. The van der Waals surface area contributed by atoms with Gasteiger partial charge in [0.2, 0.25) is 0 Å². The van der Waals surface area contributed by atoms with Crippen LogP contribution in [0.2, 0.25) is 0 Å². The third-order valence-electron chi connectivity index (χ3n) is 5.49. The highest BCUT2D eigenvalue weighted by Crippen LogP contribution is 2.39. The number of phenolic OH excluding ortho intramolecular Hbond substituents is 1. The highest BCUT2D eigenvalue weighted by atomic mass is 16.3. The molecule has 0 amide bonds. The molecule has 144 valence electrons. The van der Waals surface area contributed by atoms with Crippen molar-refractivity contribution in [3.63, 3.8) is 0 Å². The quantitative estimate of drug-likeness (QED) is 0.756. The van der Waals surface area contributed by atoms with Crippen LogP contribution in [0.4, 0.5) is 0 Å². The van der Waals surface area contributed by atoms with Crippen LogP contribution in [0.25, 0.3) is 0 Å². The van der Waals surface area contributed by atoms with Gasteiger partial charge in [-0.2, -0.15) is 5.26 Å². The Labute approximate surface area is 159 Å². The van der Waals surface area contributed by atoms with Crippen molar-refractivity contribution in [1.82, 2.24) is 0 Å². The number of nitrogens with zero attached hydrogens (tertiary/aromatic N) is 1. The Morgan fingerprint density at radius 1 is 0.923 bits per heavy atom. The molecule has 1 aliphatic heterocycles. The monoisotopic (exact) mass is 359 g/mol. The van der Waals surface area contributed by atoms with E-state index < -0.39 is 0 Å². The van der Waals surface area contributed by atoms with Gasteiger partial charge in [-0.1, -0.05) is 41.5 Å². The molecular formula is C22H37N3O+2. The maximum Gasteiger partial charge on any atom is 0.127 e. The lowest BCUT2D eigenvalue weighted by Gasteiger charge is -2.31. The van der Waals surface area contributed by atoms with Crippen molar-refractivity contribution in [1.29, 1.82) is 5.26 Å². The van der Waals surface area contributed by atoms with Gasteiger partial charge in [-0.15, -0.1) is 0 Å². The first-order valence-electron chi connectivity index (χ1n) is 9.93. The Bertz CT molecular complexity index is 618. The van der Waals surface area contributed by atoms with Gasteiger partial charge in [0.25, 0.3) is 0 Å². The van der Waals surface area contributed by atoms with E-state index in [1.807, 2.05) is 0 Å². The third kappa shape index (κ3) is 5.22. The summed E-state index contributed by atoms with van der Waals surface area (Å²) in [4.78, 5) is 3.17. The van der Waals surface area contributed by atoms with Gasteiger partial charge in [-0.05, 0) is 23.0 Å². The van der Waals surface area contributed by atoms with E-state index in [2.05, 4.69) is 59.7 Å². The Kier molecular flexibility index (Phi) is 6.37. The van der Waals surface area contributed by atoms with Crippen molar-refractivity contribution in [2.45, 2.75) is 65.3 Å². The normalized spacial score (nSPS) is 21.4. The second-order valence-electron chi connectivity index (χ2n) is 9.87. The van der Waals surface area contributed by atoms with Crippen LogP contribution in [-0.2, 0) is 17.4 Å². The van der Waals surface area contributed by atoms with E-state index in [0.717, 1.165) is 50.4 Å². The Balaban J connectivity index is 2.19. The summed E-state index contributed by atoms with van der Waals surface area (Å²) in [6.07, 6.45) is 0.659. The number of benzene rings is 1. The molecule has 0 aliphatic carbocycles. The van der Waals surface area contributed by atoms with E-state index in [0.29, 0.717) is 12.2 Å². The summed E-state index contributed by atoms with van der Waals surface area (Å²) in [7, 11) is 0. The molecule has 1 saturated heterocycles. The smallest absolute Gasteiger partial charge is 0.127 e. The lowest BCUT2D eigenvalue weighted by molar-refractivity contribution is -1.02. The molecule has 3 N–H and O–H groups in total. The molecule has 26 heavy (non-hydrogen) atoms. The Morgan fingerprint density at radius 3 is 1.81 bits per heavy atom. The number of aromatic hydroxyl groups is 1. The van der Waals surface area contributed by atoms with Crippen LogP contribution in [0.15, 0.2) is 12.1 Å². The van der Waals surface area contributed by atoms with E-state index in [1.165, 1.54) is 5.56 Å². The molecule has 4 nitrogen and oxygen atoms in total. The molecule has 0 radical (unpaired) electrons. The minimum Gasteiger partial charge on any atom is -0.507 e. The Morgan fingerprint density at radius 2 is 1.38 bits per heavy atom. The van der Waals surface area contributed by atoms with E-state index in [9.17, 15) is 5.11 Å². The molecule has 0 unspecified atom stereocenters. The number of hydrogen-bond acceptors (Lipinski definition) is 2. The molecule has 1 aliphatic rings. The zero-order valence-corrected chi connectivity index (χ0v) is 17.5. The van der Waals surface area contributed by atoms with Crippen LogP contribution in [0.1, 0.15) is 64.7 Å². The highest BCUT2D eigenvalue weighted by molar-refractivity contribution is 5.49. The molecule has 0 bridgehead atoms. The predicted molar refractivity (Wildman–Crippen MR) is 106 cm³/mol. The summed E-state index contributed by atoms with van der Waals surface area (Å²) in [5.41, 5.74) is 3.29. The number of nitrogens with one attached hydrogen (secondary N) is 2. The lowest BCUT2D eigenvalue weighted by atomic mass is 9.78. The summed E-state index contributed by atoms with van der Waals surface area (Å²) in [5.74, 6) is 0.467. The van der Waals surface area contributed by atoms with E-state index in [1.54, 1.807) is 9.80 Å². The fraction of sp³-hybridized carbons (Fsp3) is 0.682. The molecule has 1 aromatic carbocycles. The molecule has 0 aromatic heterocycles. The van der Waals surface area contributed by atoms with Gasteiger partial charge in [0.1, 0.15) is 38.5 Å². The molecule has 2 rings (SSSR count). The zero-order valence-electron chi connectivity index (χ0n) is 17.5. The van der Waals surface area contributed by atoms with Gasteiger partial charge in [0.05, 0.1) is 19.0 Å². The van der Waals surface area contributed by atoms with Crippen molar-refractivity contribution in [2.75, 3.05) is 32.7 Å². The van der Waals surface area contributed by atoms with Crippen LogP contribution in [0.3, 0.4) is 0 Å². The summed E-state index contributed by atoms with van der Waals surface area (Å²) >= 11 is 0. The van der Waals surface area contributed by atoms with Crippen LogP contribution < -0.4 is 9.80 Å². The van der Waals surface area contributed by atoms with Gasteiger partial charge >= 0.3 is 0 Å². The summed E-state index contributed by atoms with van der Waals surface area (Å²) < 4.78 is 0. The van der Waals surface area contributed by atoms with Gasteiger partial charge in [0, 0.05) is 16.7 Å². The van der Waals surface area contributed by atoms with Crippen LogP contribution in [0.5, 0.6) is 5.75 Å². The fourth-order valence-corrected chi connectivity index (χ4v) is 3.84. The molecule has 4 heteroatoms. The van der Waals surface area contributed by atoms with Crippen molar-refractivity contribution in [2.24, 2.45) is 0 Å². The fourth-order valence-electron chi connectivity index (χ4n) is 3.84. The second kappa shape index (κ2) is 7.98. The SMILES string of the molecule is CC(C)(C)c1cc(C[NH+]2CC[NH+](CCC#N)CC2)cc(C(C)(C)C)c1O. The third-order valence-corrected chi connectivity index (χ3v) is 5.49. The summed E-state index contributed by atoms with van der Waals surface area (Å²) in [5, 5.41) is 19.6. The van der Waals surface area contributed by atoms with Crippen molar-refractivity contribution < 1.29 is 14.9 Å². The lowest BCUT2D eigenvalue weighted by Crippen LogP contribution is -3.27. The number of quaternary nitrogens is 2. The van der Waals surface area contributed by atoms with Crippen LogP contribution in [0, 0.1) is 11.3 Å². The number of rotatable bonds is 4. The molecule has 1 heterocycles. The van der Waals surface area contributed by atoms with E-state index in [-0.39, 0.29) is 10.8 Å². The van der Waals surface area contributed by atoms with Crippen molar-refractivity contribution in [3.8, 4) is 11.8 Å². The minimum atomic E-state index is -0.0738. The molecule has 1 aromatic rings. The summed E-state index contributed by atoms with van der Waals surface area (Å²) in [6, 6.07) is 6.69. The van der Waals surface area contributed by atoms with E-state index in [4.69, 9.17) is 5.26 Å². The molecule has 1 fully saturated rings. The standard InChI is InChI=1S/C22H35N3O/c1-21(2,3)18-14-17(15-19(20(18)26)22(4,5)6)16-25-12-10-24(11-13-25)9-7-8-23/h14-15,26H,7,9-13,16H2,1-6H3/p+2. The molecule has 0 atom stereocenters. The number of piperazine rings is 1. The van der Waals surface area contributed by atoms with Crippen LogP contribution >= 0.6 is 0 Å². The zero-order chi connectivity index (χ0) is 19.5. The first-order chi connectivity index (χ1) is 12.0. The predicted octanol–water partition coefficient (Wildman–Crippen LogP) is 1.18. The number of hydrogen-bond donors (Lipinski definition) is 3. The Hall–Kier alpha value is -1.57. The summed E-state index contributed by atoms with van der Waals surface area (Å²) in [6.45, 7) is 19.6. The van der Waals surface area contributed by atoms with Gasteiger partial charge in [0.15, 0.2) is 0 Å². The van der Waals surface area contributed by atoms with Gasteiger partial charge in [-0.3, -0.25) is 0 Å². The van der Waals surface area contributed by atoms with Crippen molar-refractivity contribution >= 4 is 0 Å². The maximum atomic E-state index is 10.9. The van der Waals surface area contributed by atoms with E-state index >= 15 is 0 Å². The molecule has 0 spiro atoms. The van der Waals surface area contributed by atoms with Gasteiger partial charge < -0.3 is 14.9 Å². The van der Waals surface area contributed by atoms with Crippen molar-refractivity contribution in [3.05, 3.63) is 28.8 Å². The largest absolute Gasteiger partial charge is 0.507 e. The molecular weight excluding hydrogens is 322 g/mol. The van der Waals surface area contributed by atoms with Gasteiger partial charge in [-0.25, -0.2) is 0 Å². The second-order valence-corrected chi connectivity index (χ2v) is 9.87. The first-order valence-corrected chi connectivity index (χ1v) is 9.93. The first kappa shape index (κ1) is 20.7. The number of nitriles is 1. The number of phenols is 1. The minimum absolute atomic E-state index is 0.0738. The molecule has 0 saturated carbocycles.